The maximum Gasteiger partial charge on any atom is 0.409 e. The van der Waals surface area contributed by atoms with E-state index in [4.69, 9.17) is 0 Å². The normalized spacial score (nSPS) is 26.4. The summed E-state index contributed by atoms with van der Waals surface area (Å²) >= 11 is 0. The van der Waals surface area contributed by atoms with Gasteiger partial charge in [-0.1, -0.05) is 0 Å². The molecule has 0 aromatic carbocycles. The van der Waals surface area contributed by atoms with Crippen LogP contribution in [0.15, 0.2) is 0 Å². The average Bonchev–Trinajstić information content (AvgIpc) is 2.11. The zero-order valence-electron chi connectivity index (χ0n) is 5.85. The van der Waals surface area contributed by atoms with Crippen LogP contribution in [0.5, 0.6) is 0 Å². The zero-order valence-corrected chi connectivity index (χ0v) is 5.85. The van der Waals surface area contributed by atoms with Crippen molar-refractivity contribution in [3.63, 3.8) is 0 Å². The minimum absolute atomic E-state index is 0.110. The fraction of sp³-hybridized carbons (Fsp3) is 0.667. The third-order valence-corrected chi connectivity index (χ3v) is 1.66. The van der Waals surface area contributed by atoms with E-state index in [1.807, 2.05) is 0 Å². The number of carbonyl (C=O) groups excluding carboxylic acids is 1. The van der Waals surface area contributed by atoms with Crippen LogP contribution in [0.3, 0.4) is 0 Å². The lowest BCUT2D eigenvalue weighted by molar-refractivity contribution is -0.171. The Kier molecular flexibility index (Phi) is 1.82. The summed E-state index contributed by atoms with van der Waals surface area (Å²) in [5.74, 6) is -0.479. The van der Waals surface area contributed by atoms with Gasteiger partial charge < -0.3 is 4.90 Å². The average molecular weight is 166 g/mol. The molecule has 1 radical (unpaired) electrons. The van der Waals surface area contributed by atoms with Crippen LogP contribution in [0.2, 0.25) is 0 Å². The number of hydrogen-bond acceptors (Lipinski definition) is 1. The molecule has 1 rings (SSSR count). The highest BCUT2D eigenvalue weighted by Gasteiger charge is 2.47. The number of hydrogen-bond donors (Lipinski definition) is 0. The molecule has 1 aliphatic heterocycles. The molecule has 0 N–H and O–H groups in total. The molecule has 1 fully saturated rings. The maximum atomic E-state index is 12.0. The van der Waals surface area contributed by atoms with Gasteiger partial charge in [0.25, 0.3) is 0 Å². The summed E-state index contributed by atoms with van der Waals surface area (Å²) in [6.07, 6.45) is -3.45. The molecule has 1 amide bonds. The van der Waals surface area contributed by atoms with Gasteiger partial charge in [0.05, 0.1) is 0 Å². The number of nitrogens with zero attached hydrogens (tertiary/aromatic N) is 1. The van der Waals surface area contributed by atoms with Crippen molar-refractivity contribution in [2.75, 3.05) is 7.05 Å². The van der Waals surface area contributed by atoms with Crippen molar-refractivity contribution in [1.82, 2.24) is 4.90 Å². The lowest BCUT2D eigenvalue weighted by atomic mass is 10.2. The highest BCUT2D eigenvalue weighted by Crippen LogP contribution is 2.31. The van der Waals surface area contributed by atoms with Crippen molar-refractivity contribution in [3.05, 3.63) is 6.42 Å². The minimum Gasteiger partial charge on any atom is -0.333 e. The van der Waals surface area contributed by atoms with E-state index in [9.17, 15) is 18.0 Å². The zero-order chi connectivity index (χ0) is 8.65. The summed E-state index contributed by atoms with van der Waals surface area (Å²) < 4.78 is 35.9. The molecule has 1 heterocycles. The van der Waals surface area contributed by atoms with Crippen molar-refractivity contribution in [1.29, 1.82) is 0 Å². The van der Waals surface area contributed by atoms with Gasteiger partial charge in [-0.3, -0.25) is 4.79 Å². The fourth-order valence-electron chi connectivity index (χ4n) is 1.02. The van der Waals surface area contributed by atoms with Crippen molar-refractivity contribution >= 4 is 5.91 Å². The Hall–Kier alpha value is -0.740. The summed E-state index contributed by atoms with van der Waals surface area (Å²) in [5.41, 5.74) is 0. The van der Waals surface area contributed by atoms with Gasteiger partial charge in [-0.25, -0.2) is 0 Å². The van der Waals surface area contributed by atoms with Gasteiger partial charge in [0.15, 0.2) is 0 Å². The van der Waals surface area contributed by atoms with Crippen molar-refractivity contribution < 1.29 is 18.0 Å². The van der Waals surface area contributed by atoms with Gasteiger partial charge in [0, 0.05) is 19.9 Å². The Morgan fingerprint density at radius 2 is 2.18 bits per heavy atom. The largest absolute Gasteiger partial charge is 0.409 e. The van der Waals surface area contributed by atoms with Gasteiger partial charge in [-0.05, 0) is 0 Å². The molecule has 1 aliphatic rings. The predicted molar refractivity (Wildman–Crippen MR) is 31.5 cm³/mol. The van der Waals surface area contributed by atoms with E-state index in [0.717, 1.165) is 13.5 Å². The van der Waals surface area contributed by atoms with Gasteiger partial charge in [0.2, 0.25) is 5.91 Å². The third-order valence-electron chi connectivity index (χ3n) is 1.66. The molecule has 0 aromatic rings. The molecule has 2 nitrogen and oxygen atoms in total. The Bertz CT molecular complexity index is 177. The summed E-state index contributed by atoms with van der Waals surface area (Å²) in [6.45, 7) is 0. The first-order valence-electron chi connectivity index (χ1n) is 3.08. The van der Waals surface area contributed by atoms with E-state index in [2.05, 4.69) is 0 Å². The number of rotatable bonds is 0. The van der Waals surface area contributed by atoms with Crippen molar-refractivity contribution in [2.24, 2.45) is 0 Å². The van der Waals surface area contributed by atoms with E-state index < -0.39 is 18.1 Å². The second-order valence-electron chi connectivity index (χ2n) is 2.43. The number of amides is 1. The highest BCUT2D eigenvalue weighted by atomic mass is 19.4. The molecule has 63 valence electrons. The maximum absolute atomic E-state index is 12.0. The Morgan fingerprint density at radius 3 is 2.36 bits per heavy atom. The molecule has 0 spiro atoms. The second kappa shape index (κ2) is 2.39. The van der Waals surface area contributed by atoms with Gasteiger partial charge >= 0.3 is 6.18 Å². The molecular weight excluding hydrogens is 159 g/mol. The number of likely N-dealkylation sites (tertiary alicyclic amines) is 1. The van der Waals surface area contributed by atoms with Crippen LogP contribution in [0.1, 0.15) is 6.42 Å². The molecule has 0 saturated carbocycles. The first kappa shape index (κ1) is 8.36. The summed E-state index contributed by atoms with van der Waals surface area (Å²) in [6, 6.07) is -1.69. The molecule has 0 aromatic heterocycles. The minimum atomic E-state index is -4.32. The molecular formula is C6H7F3NO. The highest BCUT2D eigenvalue weighted by molar-refractivity contribution is 5.80. The smallest absolute Gasteiger partial charge is 0.333 e. The van der Waals surface area contributed by atoms with Crippen LogP contribution < -0.4 is 0 Å². The monoisotopic (exact) mass is 166 g/mol. The van der Waals surface area contributed by atoms with Crippen LogP contribution in [0.25, 0.3) is 0 Å². The number of alkyl halides is 3. The predicted octanol–water partition coefficient (Wildman–Crippen LogP) is 0.984. The van der Waals surface area contributed by atoms with Crippen molar-refractivity contribution in [3.8, 4) is 0 Å². The summed E-state index contributed by atoms with van der Waals surface area (Å²) in [5, 5.41) is 0. The molecule has 1 unspecified atom stereocenters. The van der Waals surface area contributed by atoms with E-state index in [-0.39, 0.29) is 6.42 Å². The SMILES string of the molecule is CN1C(=O)C[CH]C1C(F)(F)F. The number of carbonyl (C=O) groups is 1. The van der Waals surface area contributed by atoms with E-state index >= 15 is 0 Å². The van der Waals surface area contributed by atoms with E-state index in [1.165, 1.54) is 0 Å². The number of halogens is 3. The fourth-order valence-corrected chi connectivity index (χ4v) is 1.02. The van der Waals surface area contributed by atoms with Gasteiger partial charge in [-0.2, -0.15) is 13.2 Å². The van der Waals surface area contributed by atoms with E-state index in [1.54, 1.807) is 0 Å². The molecule has 11 heavy (non-hydrogen) atoms. The first-order valence-corrected chi connectivity index (χ1v) is 3.08. The van der Waals surface area contributed by atoms with Gasteiger partial charge in [0.1, 0.15) is 6.04 Å². The molecule has 0 bridgehead atoms. The Morgan fingerprint density at radius 1 is 1.64 bits per heavy atom. The summed E-state index contributed by atoms with van der Waals surface area (Å²) in [7, 11) is 1.16. The van der Waals surface area contributed by atoms with Crippen LogP contribution in [0.4, 0.5) is 13.2 Å². The molecule has 1 saturated heterocycles. The van der Waals surface area contributed by atoms with Gasteiger partial charge in [-0.15, -0.1) is 0 Å². The van der Waals surface area contributed by atoms with Crippen LogP contribution in [-0.4, -0.2) is 30.1 Å². The topological polar surface area (TPSA) is 20.3 Å². The van der Waals surface area contributed by atoms with Crippen LogP contribution in [-0.2, 0) is 4.79 Å². The molecule has 1 atom stereocenters. The second-order valence-corrected chi connectivity index (χ2v) is 2.43. The van der Waals surface area contributed by atoms with Crippen LogP contribution >= 0.6 is 0 Å². The molecule has 0 aliphatic carbocycles. The van der Waals surface area contributed by atoms with Crippen molar-refractivity contribution in [2.45, 2.75) is 18.6 Å². The first-order chi connectivity index (χ1) is 4.93. The quantitative estimate of drug-likeness (QED) is 0.525. The van der Waals surface area contributed by atoms with Crippen LogP contribution in [0, 0.1) is 6.42 Å². The molecule has 5 heteroatoms. The lowest BCUT2D eigenvalue weighted by Gasteiger charge is -2.21. The lowest BCUT2D eigenvalue weighted by Crippen LogP contribution is -2.40. The summed E-state index contributed by atoms with van der Waals surface area (Å²) in [4.78, 5) is 11.3. The third kappa shape index (κ3) is 1.46. The standard InChI is InChI=1S/C6H7F3NO/c1-10-4(6(7,8)9)2-3-5(10)11/h2,4H,3H2,1H3. The Balaban J connectivity index is 2.70. The van der Waals surface area contributed by atoms with E-state index in [0.29, 0.717) is 4.90 Å². The Labute approximate surface area is 62.0 Å².